The normalized spacial score (nSPS) is 11.0. The molecular weight excluding hydrogens is 382 g/mol. The van der Waals surface area contributed by atoms with Gasteiger partial charge in [-0.3, -0.25) is 19.0 Å². The van der Waals surface area contributed by atoms with Crippen molar-refractivity contribution in [3.63, 3.8) is 0 Å². The number of hydrogen-bond donors (Lipinski definition) is 1. The fraction of sp³-hybridized carbons (Fsp3) is 0.182. The van der Waals surface area contributed by atoms with E-state index in [0.717, 1.165) is 5.69 Å². The van der Waals surface area contributed by atoms with Crippen LogP contribution in [0.4, 0.5) is 5.69 Å². The summed E-state index contributed by atoms with van der Waals surface area (Å²) in [7, 11) is 3.33. The second-order valence-electron chi connectivity index (χ2n) is 7.29. The molecule has 0 aliphatic heterocycles. The molecule has 1 N–H and O–H groups in total. The van der Waals surface area contributed by atoms with Gasteiger partial charge < -0.3 is 10.2 Å². The summed E-state index contributed by atoms with van der Waals surface area (Å²) < 4.78 is 3.09. The average molecular weight is 403 g/mol. The van der Waals surface area contributed by atoms with E-state index >= 15 is 0 Å². The first-order valence-electron chi connectivity index (χ1n) is 9.44. The molecule has 152 valence electrons. The summed E-state index contributed by atoms with van der Waals surface area (Å²) in [5.74, 6) is -0.532. The minimum absolute atomic E-state index is 0.159. The number of benzene rings is 2. The number of nitrogens with one attached hydrogen (secondary N) is 1. The predicted octanol–water partition coefficient (Wildman–Crippen LogP) is 2.30. The number of hydrogen-bond acceptors (Lipinski definition) is 4. The molecule has 2 heterocycles. The summed E-state index contributed by atoms with van der Waals surface area (Å²) in [5, 5.41) is 7.72. The predicted molar refractivity (Wildman–Crippen MR) is 115 cm³/mol. The first-order chi connectivity index (χ1) is 14.3. The Hall–Kier alpha value is -3.94. The van der Waals surface area contributed by atoms with Gasteiger partial charge in [0.2, 0.25) is 5.91 Å². The lowest BCUT2D eigenvalue weighted by atomic mass is 10.2. The first-order valence-corrected chi connectivity index (χ1v) is 9.44. The van der Waals surface area contributed by atoms with Crippen molar-refractivity contribution in [1.82, 2.24) is 19.1 Å². The lowest BCUT2D eigenvalue weighted by Gasteiger charge is -2.13. The number of para-hydroxylation sites is 1. The van der Waals surface area contributed by atoms with Crippen LogP contribution < -0.4 is 10.9 Å². The number of carbonyl (C=O) groups excluding carboxylic acids is 2. The Labute approximate surface area is 172 Å². The highest BCUT2D eigenvalue weighted by molar-refractivity contribution is 5.97. The van der Waals surface area contributed by atoms with E-state index in [4.69, 9.17) is 0 Å². The number of aryl methyl sites for hydroxylation is 1. The molecule has 0 atom stereocenters. The van der Waals surface area contributed by atoms with Crippen molar-refractivity contribution < 1.29 is 9.59 Å². The Morgan fingerprint density at radius 1 is 1.07 bits per heavy atom. The summed E-state index contributed by atoms with van der Waals surface area (Å²) >= 11 is 0. The van der Waals surface area contributed by atoms with E-state index in [0.29, 0.717) is 27.8 Å². The molecule has 30 heavy (non-hydrogen) atoms. The van der Waals surface area contributed by atoms with Crippen LogP contribution in [-0.2, 0) is 11.3 Å². The van der Waals surface area contributed by atoms with Crippen LogP contribution in [0.5, 0.6) is 0 Å². The van der Waals surface area contributed by atoms with Gasteiger partial charge in [0.1, 0.15) is 12.2 Å². The van der Waals surface area contributed by atoms with E-state index < -0.39 is 0 Å². The lowest BCUT2D eigenvalue weighted by Crippen LogP contribution is -2.29. The van der Waals surface area contributed by atoms with Gasteiger partial charge in [-0.1, -0.05) is 18.2 Å². The zero-order valence-electron chi connectivity index (χ0n) is 16.9. The highest BCUT2D eigenvalue weighted by Gasteiger charge is 2.15. The molecule has 0 unspecified atom stereocenters. The number of aromatic nitrogens is 3. The Morgan fingerprint density at radius 2 is 1.83 bits per heavy atom. The van der Waals surface area contributed by atoms with Crippen LogP contribution in [0.3, 0.4) is 0 Å². The summed E-state index contributed by atoms with van der Waals surface area (Å²) in [5.41, 5.74) is 2.68. The molecule has 8 heteroatoms. The van der Waals surface area contributed by atoms with Crippen molar-refractivity contribution in [3.8, 4) is 0 Å². The summed E-state index contributed by atoms with van der Waals surface area (Å²) in [4.78, 5) is 39.4. The highest BCUT2D eigenvalue weighted by Crippen LogP contribution is 2.15. The van der Waals surface area contributed by atoms with Crippen LogP contribution >= 0.6 is 0 Å². The van der Waals surface area contributed by atoms with Gasteiger partial charge in [0, 0.05) is 31.4 Å². The van der Waals surface area contributed by atoms with Gasteiger partial charge in [-0.2, -0.15) is 5.10 Å². The molecule has 0 saturated carbocycles. The van der Waals surface area contributed by atoms with Crippen LogP contribution in [0.15, 0.2) is 59.4 Å². The van der Waals surface area contributed by atoms with Gasteiger partial charge in [0.05, 0.1) is 16.6 Å². The average Bonchev–Trinajstić information content (AvgIpc) is 3.12. The zero-order chi connectivity index (χ0) is 21.4. The molecule has 0 aliphatic rings. The molecule has 0 bridgehead atoms. The van der Waals surface area contributed by atoms with E-state index in [1.165, 1.54) is 9.47 Å². The number of fused-ring (bicyclic) bond motifs is 3. The van der Waals surface area contributed by atoms with Gasteiger partial charge in [-0.25, -0.2) is 4.52 Å². The van der Waals surface area contributed by atoms with Crippen LogP contribution in [0.1, 0.15) is 16.1 Å². The number of amides is 2. The van der Waals surface area contributed by atoms with E-state index in [1.807, 2.05) is 19.1 Å². The third-order valence-electron chi connectivity index (χ3n) is 4.80. The van der Waals surface area contributed by atoms with Crippen molar-refractivity contribution in [2.75, 3.05) is 19.4 Å². The van der Waals surface area contributed by atoms with E-state index in [-0.39, 0.29) is 23.9 Å². The highest BCUT2D eigenvalue weighted by atomic mass is 16.2. The van der Waals surface area contributed by atoms with Crippen molar-refractivity contribution in [3.05, 3.63) is 76.2 Å². The summed E-state index contributed by atoms with van der Waals surface area (Å²) in [6.45, 7) is 1.66. The molecule has 4 aromatic rings. The molecule has 2 amide bonds. The minimum Gasteiger partial charge on any atom is -0.345 e. The quantitative estimate of drug-likeness (QED) is 0.566. The van der Waals surface area contributed by atoms with Crippen molar-refractivity contribution in [1.29, 1.82) is 0 Å². The topological polar surface area (TPSA) is 88.7 Å². The fourth-order valence-electron chi connectivity index (χ4n) is 3.43. The second kappa shape index (κ2) is 7.47. The Morgan fingerprint density at radius 3 is 2.60 bits per heavy atom. The molecule has 0 aliphatic carbocycles. The van der Waals surface area contributed by atoms with Crippen molar-refractivity contribution in [2.45, 2.75) is 13.5 Å². The largest absolute Gasteiger partial charge is 0.345 e. The monoisotopic (exact) mass is 403 g/mol. The molecule has 0 saturated heterocycles. The molecule has 0 spiro atoms. The number of anilines is 1. The molecule has 2 aromatic heterocycles. The van der Waals surface area contributed by atoms with Crippen LogP contribution in [0, 0.1) is 6.92 Å². The Kier molecular flexibility index (Phi) is 4.83. The van der Waals surface area contributed by atoms with Crippen molar-refractivity contribution in [2.24, 2.45) is 0 Å². The third-order valence-corrected chi connectivity index (χ3v) is 4.80. The van der Waals surface area contributed by atoms with Gasteiger partial charge >= 0.3 is 0 Å². The lowest BCUT2D eigenvalue weighted by molar-refractivity contribution is -0.116. The Balaban J connectivity index is 1.69. The van der Waals surface area contributed by atoms with E-state index in [1.54, 1.807) is 61.1 Å². The number of nitrogens with zero attached hydrogens (tertiary/aromatic N) is 4. The summed E-state index contributed by atoms with van der Waals surface area (Å²) in [6.07, 6.45) is 0. The molecule has 2 aromatic carbocycles. The van der Waals surface area contributed by atoms with Gasteiger partial charge in [-0.05, 0) is 37.3 Å². The zero-order valence-corrected chi connectivity index (χ0v) is 16.9. The smallest absolute Gasteiger partial charge is 0.262 e. The van der Waals surface area contributed by atoms with Crippen LogP contribution in [0.25, 0.3) is 16.6 Å². The maximum absolute atomic E-state index is 13.0. The minimum atomic E-state index is -0.373. The number of rotatable bonds is 4. The van der Waals surface area contributed by atoms with E-state index in [2.05, 4.69) is 10.4 Å². The third kappa shape index (κ3) is 3.43. The first kappa shape index (κ1) is 19.4. The molecule has 0 radical (unpaired) electrons. The Bertz CT molecular complexity index is 1350. The molecule has 4 rings (SSSR count). The maximum Gasteiger partial charge on any atom is 0.262 e. The maximum atomic E-state index is 13.0. The number of carbonyl (C=O) groups is 2. The standard InChI is InChI=1S/C22H21N5O3/c1-14-11-20-26(22(30)17-9-4-5-10-18(17)27(20)24-14)13-19(28)23-16-8-6-7-15(12-16)21(29)25(2)3/h4-12H,13H2,1-3H3,(H,23,28). The van der Waals surface area contributed by atoms with Crippen molar-refractivity contribution >= 4 is 34.1 Å². The van der Waals surface area contributed by atoms with Gasteiger partial charge in [0.25, 0.3) is 11.5 Å². The van der Waals surface area contributed by atoms with E-state index in [9.17, 15) is 14.4 Å². The van der Waals surface area contributed by atoms with Gasteiger partial charge in [-0.15, -0.1) is 0 Å². The molecule has 0 fully saturated rings. The summed E-state index contributed by atoms with van der Waals surface area (Å²) in [6, 6.07) is 15.6. The molecule has 8 nitrogen and oxygen atoms in total. The SMILES string of the molecule is Cc1cc2n(CC(=O)Nc3cccc(C(=O)N(C)C)c3)c(=O)c3ccccc3n2n1. The van der Waals surface area contributed by atoms with Gasteiger partial charge in [0.15, 0.2) is 0 Å². The van der Waals surface area contributed by atoms with Crippen LogP contribution in [-0.4, -0.2) is 45.0 Å². The second-order valence-corrected chi connectivity index (χ2v) is 7.29. The fourth-order valence-corrected chi connectivity index (χ4v) is 3.43. The molecular formula is C22H21N5O3. The van der Waals surface area contributed by atoms with Crippen LogP contribution in [0.2, 0.25) is 0 Å².